The van der Waals surface area contributed by atoms with Gasteiger partial charge in [-0.1, -0.05) is 23.7 Å². The van der Waals surface area contributed by atoms with Crippen LogP contribution in [-0.2, 0) is 9.53 Å². The summed E-state index contributed by atoms with van der Waals surface area (Å²) in [7, 11) is 0. The van der Waals surface area contributed by atoms with Crippen molar-refractivity contribution in [2.75, 3.05) is 26.2 Å². The van der Waals surface area contributed by atoms with E-state index in [1.165, 1.54) is 18.2 Å². The number of carbonyl (C=O) groups is 3. The summed E-state index contributed by atoms with van der Waals surface area (Å²) in [5.41, 5.74) is 0.965. The molecule has 5 rings (SSSR count). The molecule has 1 unspecified atom stereocenters. The van der Waals surface area contributed by atoms with Crippen molar-refractivity contribution in [1.29, 1.82) is 0 Å². The molecule has 2 saturated heterocycles. The molecule has 3 atom stereocenters. The van der Waals surface area contributed by atoms with Gasteiger partial charge in [-0.3, -0.25) is 9.69 Å². The molecule has 8 nitrogen and oxygen atoms in total. The summed E-state index contributed by atoms with van der Waals surface area (Å²) < 4.78 is 25.2. The molecule has 40 heavy (non-hydrogen) atoms. The molecule has 0 N–H and O–H groups in total. The van der Waals surface area contributed by atoms with E-state index in [2.05, 4.69) is 0 Å². The average Bonchev–Trinajstić information content (AvgIpc) is 3.33. The summed E-state index contributed by atoms with van der Waals surface area (Å²) in [5.74, 6) is -0.466. The van der Waals surface area contributed by atoms with Gasteiger partial charge in [0.05, 0.1) is 12.1 Å². The maximum atomic E-state index is 14.1. The van der Waals surface area contributed by atoms with Gasteiger partial charge in [-0.15, -0.1) is 0 Å². The van der Waals surface area contributed by atoms with Gasteiger partial charge in [-0.2, -0.15) is 0 Å². The van der Waals surface area contributed by atoms with E-state index in [1.807, 2.05) is 44.7 Å². The number of amides is 3. The maximum absolute atomic E-state index is 14.1. The minimum absolute atomic E-state index is 0.00905. The SMILES string of the molecule is CC1c2cc(F)ccc2OC(=O)N1[C@H]1CN(C(=O)C2CCN(C(=O)OC(C)(C)C)CC2)C[C@@H]1c1ccc(Cl)cc1. The molecule has 0 aromatic heterocycles. The highest BCUT2D eigenvalue weighted by Crippen LogP contribution is 2.42. The maximum Gasteiger partial charge on any atom is 0.416 e. The summed E-state index contributed by atoms with van der Waals surface area (Å²) >= 11 is 6.15. The summed E-state index contributed by atoms with van der Waals surface area (Å²) in [5, 5.41) is 0.595. The first kappa shape index (κ1) is 28.2. The third-order valence-corrected chi connectivity index (χ3v) is 8.25. The molecule has 0 saturated carbocycles. The smallest absolute Gasteiger partial charge is 0.416 e. The van der Waals surface area contributed by atoms with Crippen LogP contribution < -0.4 is 4.74 Å². The van der Waals surface area contributed by atoms with Crippen molar-refractivity contribution in [2.24, 2.45) is 5.92 Å². The minimum Gasteiger partial charge on any atom is -0.444 e. The monoisotopic (exact) mass is 571 g/mol. The zero-order chi connectivity index (χ0) is 28.8. The van der Waals surface area contributed by atoms with Crippen molar-refractivity contribution in [1.82, 2.24) is 14.7 Å². The summed E-state index contributed by atoms with van der Waals surface area (Å²) in [4.78, 5) is 44.6. The molecule has 0 aliphatic carbocycles. The second-order valence-electron chi connectivity index (χ2n) is 11.8. The van der Waals surface area contributed by atoms with Crippen LogP contribution in [0, 0.1) is 11.7 Å². The Kier molecular flexibility index (Phi) is 7.70. The Labute approximate surface area is 238 Å². The van der Waals surface area contributed by atoms with Gasteiger partial charge >= 0.3 is 12.2 Å². The molecule has 0 bridgehead atoms. The lowest BCUT2D eigenvalue weighted by Crippen LogP contribution is -2.50. The highest BCUT2D eigenvalue weighted by Gasteiger charge is 2.47. The minimum atomic E-state index is -0.579. The largest absolute Gasteiger partial charge is 0.444 e. The highest BCUT2D eigenvalue weighted by atomic mass is 35.5. The molecule has 3 aliphatic heterocycles. The lowest BCUT2D eigenvalue weighted by Gasteiger charge is -2.40. The Morgan fingerprint density at radius 3 is 2.35 bits per heavy atom. The molecule has 0 radical (unpaired) electrons. The summed E-state index contributed by atoms with van der Waals surface area (Å²) in [6, 6.07) is 10.7. The van der Waals surface area contributed by atoms with Gasteiger partial charge in [0.2, 0.25) is 5.91 Å². The van der Waals surface area contributed by atoms with E-state index in [0.717, 1.165) is 5.56 Å². The molecule has 2 aromatic carbocycles. The average molecular weight is 572 g/mol. The van der Waals surface area contributed by atoms with Gasteiger partial charge in [0, 0.05) is 48.6 Å². The van der Waals surface area contributed by atoms with Crippen molar-refractivity contribution >= 4 is 29.7 Å². The van der Waals surface area contributed by atoms with Crippen molar-refractivity contribution in [3.05, 3.63) is 64.4 Å². The second-order valence-corrected chi connectivity index (χ2v) is 12.3. The van der Waals surface area contributed by atoms with E-state index in [4.69, 9.17) is 21.1 Å². The number of ether oxygens (including phenoxy) is 2. The van der Waals surface area contributed by atoms with E-state index >= 15 is 0 Å². The van der Waals surface area contributed by atoms with Crippen LogP contribution in [0.15, 0.2) is 42.5 Å². The Hall–Kier alpha value is -3.33. The second kappa shape index (κ2) is 10.9. The highest BCUT2D eigenvalue weighted by molar-refractivity contribution is 6.30. The predicted octanol–water partition coefficient (Wildman–Crippen LogP) is 6.00. The lowest BCUT2D eigenvalue weighted by atomic mass is 9.91. The number of rotatable bonds is 3. The van der Waals surface area contributed by atoms with Crippen LogP contribution in [-0.4, -0.2) is 70.6 Å². The molecule has 3 heterocycles. The Morgan fingerprint density at radius 2 is 1.70 bits per heavy atom. The van der Waals surface area contributed by atoms with Crippen LogP contribution in [0.25, 0.3) is 0 Å². The fourth-order valence-electron chi connectivity index (χ4n) is 6.00. The fraction of sp³-hybridized carbons (Fsp3) is 0.500. The first-order chi connectivity index (χ1) is 18.9. The van der Waals surface area contributed by atoms with E-state index in [-0.39, 0.29) is 29.9 Å². The number of halogens is 2. The van der Waals surface area contributed by atoms with Crippen LogP contribution in [0.2, 0.25) is 5.02 Å². The Balaban J connectivity index is 1.35. The Morgan fingerprint density at radius 1 is 1.02 bits per heavy atom. The van der Waals surface area contributed by atoms with E-state index in [1.54, 1.807) is 21.9 Å². The number of benzene rings is 2. The fourth-order valence-corrected chi connectivity index (χ4v) is 6.12. The first-order valence-electron chi connectivity index (χ1n) is 13.7. The zero-order valence-electron chi connectivity index (χ0n) is 23.2. The topological polar surface area (TPSA) is 79.4 Å². The molecule has 2 aromatic rings. The van der Waals surface area contributed by atoms with Crippen molar-refractivity contribution in [2.45, 2.75) is 64.1 Å². The number of carbonyl (C=O) groups excluding carboxylic acids is 3. The van der Waals surface area contributed by atoms with Gasteiger partial charge in [0.15, 0.2) is 0 Å². The van der Waals surface area contributed by atoms with Crippen molar-refractivity contribution in [3.8, 4) is 5.75 Å². The molecule has 10 heteroatoms. The number of hydrogen-bond acceptors (Lipinski definition) is 5. The molecular weight excluding hydrogens is 537 g/mol. The molecular formula is C30H35ClFN3O5. The molecule has 0 spiro atoms. The normalized spacial score (nSPS) is 23.6. The Bertz CT molecular complexity index is 1290. The van der Waals surface area contributed by atoms with Crippen LogP contribution in [0.5, 0.6) is 5.75 Å². The van der Waals surface area contributed by atoms with E-state index in [0.29, 0.717) is 55.4 Å². The quantitative estimate of drug-likeness (QED) is 0.452. The molecule has 2 fully saturated rings. The molecule has 214 valence electrons. The predicted molar refractivity (Wildman–Crippen MR) is 148 cm³/mol. The van der Waals surface area contributed by atoms with Crippen LogP contribution >= 0.6 is 11.6 Å². The number of fused-ring (bicyclic) bond motifs is 1. The van der Waals surface area contributed by atoms with Gasteiger partial charge in [-0.25, -0.2) is 14.0 Å². The number of likely N-dealkylation sites (tertiary alicyclic amines) is 2. The third kappa shape index (κ3) is 5.75. The summed E-state index contributed by atoms with van der Waals surface area (Å²) in [6.45, 7) is 8.98. The van der Waals surface area contributed by atoms with Crippen LogP contribution in [0.1, 0.15) is 63.6 Å². The molecule has 3 aliphatic rings. The number of hydrogen-bond donors (Lipinski definition) is 0. The van der Waals surface area contributed by atoms with Crippen molar-refractivity contribution in [3.63, 3.8) is 0 Å². The lowest BCUT2D eigenvalue weighted by molar-refractivity contribution is -0.136. The zero-order valence-corrected chi connectivity index (χ0v) is 24.0. The standard InChI is InChI=1S/C30H35ClFN3O5/c1-18-23-15-22(32)9-10-26(23)39-29(38)35(18)25-17-34(16-24(25)19-5-7-21(31)8-6-19)27(36)20-11-13-33(14-12-20)28(37)40-30(2,3)4/h5-10,15,18,20,24-25H,11-14,16-17H2,1-4H3/t18?,24-,25+/m1/s1. The number of piperidine rings is 1. The van der Waals surface area contributed by atoms with Crippen LogP contribution in [0.3, 0.4) is 0 Å². The third-order valence-electron chi connectivity index (χ3n) is 8.00. The van der Waals surface area contributed by atoms with E-state index in [9.17, 15) is 18.8 Å². The van der Waals surface area contributed by atoms with Gasteiger partial charge in [-0.05, 0) is 76.4 Å². The first-order valence-corrected chi connectivity index (χ1v) is 14.1. The van der Waals surface area contributed by atoms with Crippen molar-refractivity contribution < 1.29 is 28.2 Å². The van der Waals surface area contributed by atoms with Gasteiger partial charge < -0.3 is 19.3 Å². The molecule has 3 amide bonds. The van der Waals surface area contributed by atoms with Gasteiger partial charge in [0.25, 0.3) is 0 Å². The van der Waals surface area contributed by atoms with Gasteiger partial charge in [0.1, 0.15) is 17.2 Å². The van der Waals surface area contributed by atoms with Crippen LogP contribution in [0.4, 0.5) is 14.0 Å². The van der Waals surface area contributed by atoms with E-state index < -0.39 is 23.6 Å². The number of nitrogens with zero attached hydrogens (tertiary/aromatic N) is 3. The summed E-state index contributed by atoms with van der Waals surface area (Å²) in [6.07, 6.45) is 0.201.